The van der Waals surface area contributed by atoms with Gasteiger partial charge in [-0.1, -0.05) is 0 Å². The van der Waals surface area contributed by atoms with Crippen LogP contribution in [-0.2, 0) is 0 Å². The van der Waals surface area contributed by atoms with Gasteiger partial charge in [-0.15, -0.1) is 0 Å². The third kappa shape index (κ3) is 2.54. The molecule has 20 heavy (non-hydrogen) atoms. The molecule has 2 aromatic rings. The molecule has 1 aromatic heterocycles. The van der Waals surface area contributed by atoms with Crippen molar-refractivity contribution in [1.82, 2.24) is 4.98 Å². The van der Waals surface area contributed by atoms with Gasteiger partial charge in [-0.25, -0.2) is 14.2 Å². The van der Waals surface area contributed by atoms with Gasteiger partial charge < -0.3 is 14.7 Å². The highest BCUT2D eigenvalue weighted by Gasteiger charge is 2.18. The largest absolute Gasteiger partial charge is 0.497 e. The van der Waals surface area contributed by atoms with E-state index in [0.29, 0.717) is 11.4 Å². The second kappa shape index (κ2) is 5.56. The molecule has 1 N–H and O–H groups in total. The lowest BCUT2D eigenvalue weighted by atomic mass is 10.2. The Morgan fingerprint density at radius 3 is 2.50 bits per heavy atom. The topological polar surface area (TPSA) is 62.7 Å². The molecule has 6 heteroatoms. The fraction of sp³-hybridized carbons (Fsp3) is 0.143. The van der Waals surface area contributed by atoms with Crippen molar-refractivity contribution in [3.8, 4) is 5.75 Å². The minimum absolute atomic E-state index is 0.0462. The summed E-state index contributed by atoms with van der Waals surface area (Å²) in [5.74, 6) is -1.56. The maximum absolute atomic E-state index is 14.1. The van der Waals surface area contributed by atoms with Crippen molar-refractivity contribution in [2.45, 2.75) is 0 Å². The molecule has 0 saturated heterocycles. The van der Waals surface area contributed by atoms with Gasteiger partial charge in [-0.05, 0) is 30.3 Å². The number of aromatic nitrogens is 1. The molecular weight excluding hydrogens is 263 g/mol. The monoisotopic (exact) mass is 276 g/mol. The second-order valence-electron chi connectivity index (χ2n) is 4.06. The Kier molecular flexibility index (Phi) is 3.84. The number of methoxy groups -OCH3 is 1. The molecule has 2 rings (SSSR count). The first kappa shape index (κ1) is 13.8. The minimum atomic E-state index is -1.32. The number of anilines is 2. The molecule has 0 saturated carbocycles. The smallest absolute Gasteiger partial charge is 0.338 e. The SMILES string of the molecule is COc1ccc(N(C)c2nccc(C(=O)O)c2F)cc1. The van der Waals surface area contributed by atoms with E-state index < -0.39 is 17.3 Å². The van der Waals surface area contributed by atoms with Gasteiger partial charge in [0.1, 0.15) is 11.3 Å². The lowest BCUT2D eigenvalue weighted by Crippen LogP contribution is -2.15. The highest BCUT2D eigenvalue weighted by atomic mass is 19.1. The van der Waals surface area contributed by atoms with E-state index in [-0.39, 0.29) is 5.82 Å². The first-order valence-corrected chi connectivity index (χ1v) is 5.80. The number of aromatic carboxylic acids is 1. The Morgan fingerprint density at radius 1 is 1.30 bits per heavy atom. The predicted molar refractivity (Wildman–Crippen MR) is 72.2 cm³/mol. The maximum Gasteiger partial charge on any atom is 0.338 e. The summed E-state index contributed by atoms with van der Waals surface area (Å²) in [5, 5.41) is 8.91. The molecule has 104 valence electrons. The molecule has 0 aliphatic heterocycles. The molecule has 0 amide bonds. The lowest BCUT2D eigenvalue weighted by Gasteiger charge is -2.19. The van der Waals surface area contributed by atoms with Crippen molar-refractivity contribution in [1.29, 1.82) is 0 Å². The number of carboxylic acids is 1. The molecule has 0 bridgehead atoms. The molecule has 0 fully saturated rings. The molecule has 0 unspecified atom stereocenters. The minimum Gasteiger partial charge on any atom is -0.497 e. The average Bonchev–Trinajstić information content (AvgIpc) is 2.46. The first-order valence-electron chi connectivity index (χ1n) is 5.80. The van der Waals surface area contributed by atoms with Gasteiger partial charge in [0.15, 0.2) is 11.6 Å². The first-order chi connectivity index (χ1) is 9.54. The third-order valence-corrected chi connectivity index (χ3v) is 2.88. The van der Waals surface area contributed by atoms with E-state index in [9.17, 15) is 9.18 Å². The van der Waals surface area contributed by atoms with Crippen molar-refractivity contribution in [2.24, 2.45) is 0 Å². The predicted octanol–water partition coefficient (Wildman–Crippen LogP) is 2.70. The Balaban J connectivity index is 2.39. The molecule has 1 aromatic carbocycles. The second-order valence-corrected chi connectivity index (χ2v) is 4.06. The number of carboxylic acid groups (broad SMARTS) is 1. The van der Waals surface area contributed by atoms with E-state index in [2.05, 4.69) is 4.98 Å². The Morgan fingerprint density at radius 2 is 1.95 bits per heavy atom. The van der Waals surface area contributed by atoms with Crippen LogP contribution in [-0.4, -0.2) is 30.2 Å². The summed E-state index contributed by atoms with van der Waals surface area (Å²) in [6, 6.07) is 8.04. The fourth-order valence-corrected chi connectivity index (χ4v) is 1.76. The summed E-state index contributed by atoms with van der Waals surface area (Å²) >= 11 is 0. The van der Waals surface area contributed by atoms with E-state index in [4.69, 9.17) is 9.84 Å². The number of benzene rings is 1. The van der Waals surface area contributed by atoms with E-state index in [1.165, 1.54) is 11.1 Å². The van der Waals surface area contributed by atoms with Gasteiger partial charge in [0.05, 0.1) is 7.11 Å². The van der Waals surface area contributed by atoms with E-state index >= 15 is 0 Å². The lowest BCUT2D eigenvalue weighted by molar-refractivity contribution is 0.0692. The highest BCUT2D eigenvalue weighted by Crippen LogP contribution is 2.27. The van der Waals surface area contributed by atoms with Gasteiger partial charge in [0, 0.05) is 18.9 Å². The number of nitrogens with zero attached hydrogens (tertiary/aromatic N) is 2. The van der Waals surface area contributed by atoms with Gasteiger partial charge >= 0.3 is 5.97 Å². The molecule has 0 aliphatic rings. The summed E-state index contributed by atoms with van der Waals surface area (Å²) < 4.78 is 19.1. The van der Waals surface area contributed by atoms with Gasteiger partial charge in [0.25, 0.3) is 0 Å². The third-order valence-electron chi connectivity index (χ3n) is 2.88. The van der Waals surface area contributed by atoms with Crippen LogP contribution in [0.3, 0.4) is 0 Å². The number of rotatable bonds is 4. The van der Waals surface area contributed by atoms with Crippen molar-refractivity contribution in [2.75, 3.05) is 19.1 Å². The summed E-state index contributed by atoms with van der Waals surface area (Å²) in [6.07, 6.45) is 1.27. The van der Waals surface area contributed by atoms with Gasteiger partial charge in [0.2, 0.25) is 0 Å². The van der Waals surface area contributed by atoms with Gasteiger partial charge in [-0.3, -0.25) is 0 Å². The molecular formula is C14H13FN2O3. The van der Waals surface area contributed by atoms with Crippen LogP contribution in [0, 0.1) is 5.82 Å². The van der Waals surface area contributed by atoms with Crippen molar-refractivity contribution in [3.05, 3.63) is 47.9 Å². The zero-order chi connectivity index (χ0) is 14.7. The number of pyridine rings is 1. The summed E-state index contributed by atoms with van der Waals surface area (Å²) in [5.41, 5.74) is 0.259. The molecule has 0 aliphatic carbocycles. The van der Waals surface area contributed by atoms with E-state index in [1.54, 1.807) is 38.4 Å². The molecule has 5 nitrogen and oxygen atoms in total. The summed E-state index contributed by atoms with van der Waals surface area (Å²) in [6.45, 7) is 0. The Hall–Kier alpha value is -2.63. The van der Waals surface area contributed by atoms with Crippen molar-refractivity contribution < 1.29 is 19.0 Å². The Labute approximate surface area is 115 Å². The van der Waals surface area contributed by atoms with E-state index in [1.807, 2.05) is 0 Å². The molecule has 1 heterocycles. The zero-order valence-electron chi connectivity index (χ0n) is 11.0. The number of halogens is 1. The van der Waals surface area contributed by atoms with Crippen LogP contribution in [0.4, 0.5) is 15.9 Å². The molecule has 0 spiro atoms. The van der Waals surface area contributed by atoms with Crippen LogP contribution in [0.25, 0.3) is 0 Å². The van der Waals surface area contributed by atoms with Crippen LogP contribution >= 0.6 is 0 Å². The normalized spacial score (nSPS) is 10.2. The highest BCUT2D eigenvalue weighted by molar-refractivity contribution is 5.89. The summed E-state index contributed by atoms with van der Waals surface area (Å²) in [4.78, 5) is 16.3. The Bertz CT molecular complexity index is 629. The van der Waals surface area contributed by atoms with Crippen LogP contribution in [0.1, 0.15) is 10.4 Å². The average molecular weight is 276 g/mol. The van der Waals surface area contributed by atoms with Crippen LogP contribution < -0.4 is 9.64 Å². The van der Waals surface area contributed by atoms with Gasteiger partial charge in [-0.2, -0.15) is 0 Å². The van der Waals surface area contributed by atoms with Crippen LogP contribution in [0.5, 0.6) is 5.75 Å². The maximum atomic E-state index is 14.1. The standard InChI is InChI=1S/C14H13FN2O3/c1-17(9-3-5-10(20-2)6-4-9)13-12(15)11(14(18)19)7-8-16-13/h3-8H,1-2H3,(H,18,19). The van der Waals surface area contributed by atoms with Crippen LogP contribution in [0.2, 0.25) is 0 Å². The van der Waals surface area contributed by atoms with E-state index in [0.717, 1.165) is 6.07 Å². The summed E-state index contributed by atoms with van der Waals surface area (Å²) in [7, 11) is 3.16. The molecule has 0 radical (unpaired) electrons. The number of carbonyl (C=O) groups is 1. The number of hydrogen-bond acceptors (Lipinski definition) is 4. The van der Waals surface area contributed by atoms with Crippen molar-refractivity contribution >= 4 is 17.5 Å². The molecule has 0 atom stereocenters. The number of ether oxygens (including phenoxy) is 1. The quantitative estimate of drug-likeness (QED) is 0.930. The van der Waals surface area contributed by atoms with Crippen molar-refractivity contribution in [3.63, 3.8) is 0 Å². The zero-order valence-corrected chi connectivity index (χ0v) is 11.0. The fourth-order valence-electron chi connectivity index (χ4n) is 1.76. The van der Waals surface area contributed by atoms with Crippen LogP contribution in [0.15, 0.2) is 36.5 Å². The number of hydrogen-bond donors (Lipinski definition) is 1.